The molecule has 39 heavy (non-hydrogen) atoms. The summed E-state index contributed by atoms with van der Waals surface area (Å²) in [7, 11) is 0. The molecule has 3 heterocycles. The van der Waals surface area contributed by atoms with Gasteiger partial charge in [0.25, 0.3) is 0 Å². The van der Waals surface area contributed by atoms with Crippen molar-refractivity contribution in [1.29, 1.82) is 0 Å². The molecule has 6 atom stereocenters. The predicted molar refractivity (Wildman–Crippen MR) is 130 cm³/mol. The number of benzene rings is 1. The van der Waals surface area contributed by atoms with Crippen molar-refractivity contribution in [3.8, 4) is 11.5 Å². The number of carbonyl (C=O) groups excluding carboxylic acids is 1. The summed E-state index contributed by atoms with van der Waals surface area (Å²) in [6.45, 7) is -0.0323. The zero-order chi connectivity index (χ0) is 28.3. The van der Waals surface area contributed by atoms with E-state index in [4.69, 9.17) is 19.3 Å². The number of carboxylic acids is 2. The third-order valence-electron chi connectivity index (χ3n) is 6.51. The van der Waals surface area contributed by atoms with E-state index >= 15 is 0 Å². The Morgan fingerprint density at radius 1 is 1.13 bits per heavy atom. The van der Waals surface area contributed by atoms with Crippen LogP contribution in [0.4, 0.5) is 5.69 Å². The van der Waals surface area contributed by atoms with Crippen LogP contribution >= 0.6 is 0 Å². The summed E-state index contributed by atoms with van der Waals surface area (Å²) in [6, 6.07) is 2.29. The summed E-state index contributed by atoms with van der Waals surface area (Å²) >= 11 is 0. The number of ether oxygens (including phenoxy) is 3. The number of hydrogen-bond donors (Lipinski definition) is 7. The largest absolute Gasteiger partial charge is 0.504 e. The van der Waals surface area contributed by atoms with Crippen molar-refractivity contribution in [1.82, 2.24) is 5.32 Å². The Kier molecular flexibility index (Phi) is 8.50. The number of nitrogens with zero attached hydrogens (tertiary/aromatic N) is 1. The van der Waals surface area contributed by atoms with Gasteiger partial charge in [0.2, 0.25) is 12.0 Å². The molecule has 0 radical (unpaired) electrons. The van der Waals surface area contributed by atoms with Crippen LogP contribution in [-0.4, -0.2) is 109 Å². The first-order valence-corrected chi connectivity index (χ1v) is 12.1. The van der Waals surface area contributed by atoms with E-state index in [1.54, 1.807) is 30.6 Å². The monoisotopic (exact) mass is 549 g/mol. The van der Waals surface area contributed by atoms with Crippen LogP contribution in [0.3, 0.4) is 0 Å². The van der Waals surface area contributed by atoms with Crippen molar-refractivity contribution < 1.29 is 63.8 Å². The second-order valence-electron chi connectivity index (χ2n) is 9.26. The number of carbonyl (C=O) groups is 3. The Morgan fingerprint density at radius 2 is 1.90 bits per heavy atom. The minimum absolute atomic E-state index is 0.0613. The number of aliphatic hydroxyl groups is 3. The highest BCUT2D eigenvalue weighted by molar-refractivity contribution is 5.90. The van der Waals surface area contributed by atoms with Crippen LogP contribution in [0.15, 0.2) is 36.1 Å². The van der Waals surface area contributed by atoms with Gasteiger partial charge in [-0.15, -0.1) is 0 Å². The van der Waals surface area contributed by atoms with Crippen LogP contribution in [0.2, 0.25) is 0 Å². The molecule has 3 aliphatic rings. The summed E-state index contributed by atoms with van der Waals surface area (Å²) in [5.41, 5.74) is 2.30. The van der Waals surface area contributed by atoms with Crippen LogP contribution in [0.5, 0.6) is 11.5 Å². The first-order valence-electron chi connectivity index (χ1n) is 12.1. The highest BCUT2D eigenvalue weighted by atomic mass is 16.7. The summed E-state index contributed by atoms with van der Waals surface area (Å²) in [5, 5.41) is 62.0. The Bertz CT molecular complexity index is 1230. The average molecular weight is 550 g/mol. The zero-order valence-electron chi connectivity index (χ0n) is 20.5. The van der Waals surface area contributed by atoms with Gasteiger partial charge in [-0.1, -0.05) is 0 Å². The molecule has 14 heteroatoms. The molecular formula is C25H29N2O12+. The number of nitrogens with one attached hydrogen (secondary N) is 1. The molecule has 1 saturated heterocycles. The number of phenols is 1. The third kappa shape index (κ3) is 6.54. The number of carboxylic acid groups (broad SMARTS) is 2. The summed E-state index contributed by atoms with van der Waals surface area (Å²) in [5.74, 6) is -3.79. The van der Waals surface area contributed by atoms with Gasteiger partial charge < -0.3 is 50.2 Å². The van der Waals surface area contributed by atoms with Crippen LogP contribution in [0.25, 0.3) is 0 Å². The highest BCUT2D eigenvalue weighted by Crippen LogP contribution is 2.38. The van der Waals surface area contributed by atoms with Gasteiger partial charge in [-0.25, -0.2) is 4.79 Å². The van der Waals surface area contributed by atoms with E-state index in [-0.39, 0.29) is 11.5 Å². The van der Waals surface area contributed by atoms with E-state index in [2.05, 4.69) is 5.32 Å². The standard InChI is InChI=1S/C25H28N2O12/c28-16-9-15-13(3-6-27(15)5-2-12-1-4-26-14(7-12)24(35)36)8-17(16)38-25-23(34)22(33)21(32)18(39-25)11-37-20(31)10-19(29)30/h1-2,4-5,8-9,14,18,21-23,25,32-34H,3,6-7,10-11H2,(H3,28,29,30,35,36)/p+1/t14-,18+,21+,22-,23+,25+/m0/s1. The average Bonchev–Trinajstić information content (AvgIpc) is 3.28. The van der Waals surface area contributed by atoms with Crippen molar-refractivity contribution in [3.63, 3.8) is 0 Å². The van der Waals surface area contributed by atoms with Gasteiger partial charge in [-0.2, -0.15) is 4.58 Å². The van der Waals surface area contributed by atoms with Crippen molar-refractivity contribution in [2.75, 3.05) is 13.2 Å². The second kappa shape index (κ2) is 11.8. The predicted octanol–water partition coefficient (Wildman–Crippen LogP) is -1.25. The van der Waals surface area contributed by atoms with Gasteiger partial charge in [0.15, 0.2) is 24.3 Å². The van der Waals surface area contributed by atoms with Gasteiger partial charge in [0.05, 0.1) is 6.07 Å². The van der Waals surface area contributed by atoms with Gasteiger partial charge in [-0.3, -0.25) is 9.59 Å². The molecule has 0 spiro atoms. The number of aromatic hydroxyl groups is 1. The molecule has 4 rings (SSSR count). The minimum Gasteiger partial charge on any atom is -0.504 e. The number of fused-ring (bicyclic) bond motifs is 1. The van der Waals surface area contributed by atoms with Gasteiger partial charge >= 0.3 is 17.9 Å². The SMILES string of the molecule is O=C(O)CC(=O)OC[C@H]1O[C@@H](Oc2cc3c(cc2O)[N+](=CC=C2C=CN[C@H](C(=O)O)C2)CC3)[C@H](O)[C@@H](O)[C@@H]1O. The van der Waals surface area contributed by atoms with E-state index in [0.29, 0.717) is 25.1 Å². The molecule has 0 unspecified atom stereocenters. The molecule has 0 amide bonds. The number of aliphatic hydroxyl groups excluding tert-OH is 3. The number of allylic oxidation sites excluding steroid dienone is 2. The maximum absolute atomic E-state index is 11.5. The van der Waals surface area contributed by atoms with E-state index in [9.17, 15) is 39.9 Å². The summed E-state index contributed by atoms with van der Waals surface area (Å²) in [6.07, 6.45) is -1.09. The molecule has 0 aliphatic carbocycles. The Morgan fingerprint density at radius 3 is 2.62 bits per heavy atom. The second-order valence-corrected chi connectivity index (χ2v) is 9.26. The van der Waals surface area contributed by atoms with E-state index in [0.717, 1.165) is 11.1 Å². The van der Waals surface area contributed by atoms with Gasteiger partial charge in [-0.05, 0) is 23.9 Å². The quantitative estimate of drug-likeness (QED) is 0.115. The lowest BCUT2D eigenvalue weighted by Crippen LogP contribution is -2.60. The third-order valence-corrected chi connectivity index (χ3v) is 6.51. The first kappa shape index (κ1) is 28.0. The van der Waals surface area contributed by atoms with Gasteiger partial charge in [0, 0.05) is 24.5 Å². The topological polar surface area (TPSA) is 215 Å². The molecule has 210 valence electrons. The molecule has 1 aromatic carbocycles. The molecule has 0 saturated carbocycles. The van der Waals surface area contributed by atoms with Crippen LogP contribution in [0.1, 0.15) is 18.4 Å². The Hall–Kier alpha value is -3.98. The highest BCUT2D eigenvalue weighted by Gasteiger charge is 2.46. The molecule has 7 N–H and O–H groups in total. The fraction of sp³-hybridized carbons (Fsp3) is 0.440. The molecule has 3 aliphatic heterocycles. The number of rotatable bonds is 8. The molecular weight excluding hydrogens is 520 g/mol. The van der Waals surface area contributed by atoms with E-state index in [1.807, 2.05) is 4.58 Å². The van der Waals surface area contributed by atoms with Crippen molar-refractivity contribution in [3.05, 3.63) is 41.6 Å². The lowest BCUT2D eigenvalue weighted by Gasteiger charge is -2.39. The Labute approximate surface area is 221 Å². The fourth-order valence-corrected chi connectivity index (χ4v) is 4.41. The lowest BCUT2D eigenvalue weighted by molar-refractivity contribution is -0.423. The normalized spacial score (nSPS) is 30.0. The number of esters is 1. The van der Waals surface area contributed by atoms with Crippen molar-refractivity contribution in [2.45, 2.75) is 56.0 Å². The Balaban J connectivity index is 1.46. The smallest absolute Gasteiger partial charge is 0.326 e. The van der Waals surface area contributed by atoms with Crippen molar-refractivity contribution in [2.24, 2.45) is 0 Å². The maximum Gasteiger partial charge on any atom is 0.326 e. The van der Waals surface area contributed by atoms with Crippen molar-refractivity contribution >= 4 is 29.8 Å². The van der Waals surface area contributed by atoms with Crippen LogP contribution in [-0.2, 0) is 30.3 Å². The van der Waals surface area contributed by atoms with Crippen LogP contribution < -0.4 is 10.1 Å². The fourth-order valence-electron chi connectivity index (χ4n) is 4.41. The van der Waals surface area contributed by atoms with E-state index in [1.165, 1.54) is 6.07 Å². The zero-order valence-corrected chi connectivity index (χ0v) is 20.5. The maximum atomic E-state index is 11.5. The van der Waals surface area contributed by atoms with E-state index < -0.39 is 67.7 Å². The molecule has 1 fully saturated rings. The molecule has 0 bridgehead atoms. The summed E-state index contributed by atoms with van der Waals surface area (Å²) in [4.78, 5) is 33.4. The number of phenolic OH excluding ortho intramolecular Hbond substituents is 1. The van der Waals surface area contributed by atoms with Gasteiger partial charge in [0.1, 0.15) is 43.5 Å². The first-order chi connectivity index (χ1) is 18.5. The molecule has 14 nitrogen and oxygen atoms in total. The molecule has 0 aromatic heterocycles. The number of hydrogen-bond acceptors (Lipinski definition) is 11. The summed E-state index contributed by atoms with van der Waals surface area (Å²) < 4.78 is 17.8. The number of aliphatic carboxylic acids is 2. The van der Waals surface area contributed by atoms with Crippen LogP contribution in [0, 0.1) is 0 Å². The molecule has 1 aromatic rings. The minimum atomic E-state index is -1.74. The lowest BCUT2D eigenvalue weighted by atomic mass is 9.99.